The average molecular weight is 274 g/mol. The summed E-state index contributed by atoms with van der Waals surface area (Å²) >= 11 is 0. The molecule has 0 aromatic heterocycles. The van der Waals surface area contributed by atoms with Crippen LogP contribution in [0.1, 0.15) is 38.2 Å². The molecule has 0 heterocycles. The zero-order valence-electron chi connectivity index (χ0n) is 12.9. The number of anilines is 1. The molecule has 0 spiro atoms. The zero-order chi connectivity index (χ0) is 14.5. The molecular formula is C17H26N2O. The van der Waals surface area contributed by atoms with Gasteiger partial charge in [0.2, 0.25) is 5.91 Å². The quantitative estimate of drug-likeness (QED) is 0.912. The van der Waals surface area contributed by atoms with Crippen LogP contribution in [-0.2, 0) is 4.79 Å². The molecule has 1 N–H and O–H groups in total. The van der Waals surface area contributed by atoms with Gasteiger partial charge < -0.3 is 5.32 Å². The van der Waals surface area contributed by atoms with Crippen LogP contribution in [0.5, 0.6) is 0 Å². The highest BCUT2D eigenvalue weighted by molar-refractivity contribution is 5.92. The zero-order valence-corrected chi connectivity index (χ0v) is 12.9. The first-order valence-corrected chi connectivity index (χ1v) is 7.61. The van der Waals surface area contributed by atoms with E-state index in [-0.39, 0.29) is 5.91 Å². The molecule has 1 aliphatic carbocycles. The summed E-state index contributed by atoms with van der Waals surface area (Å²) in [4.78, 5) is 14.3. The molecule has 1 amide bonds. The van der Waals surface area contributed by atoms with Crippen LogP contribution in [0.25, 0.3) is 0 Å². The van der Waals surface area contributed by atoms with Gasteiger partial charge in [0.05, 0.1) is 6.54 Å². The Kier molecular flexibility index (Phi) is 5.18. The van der Waals surface area contributed by atoms with Crippen LogP contribution < -0.4 is 5.32 Å². The Morgan fingerprint density at radius 3 is 2.40 bits per heavy atom. The van der Waals surface area contributed by atoms with Crippen LogP contribution in [0.3, 0.4) is 0 Å². The van der Waals surface area contributed by atoms with Crippen molar-refractivity contribution in [3.8, 4) is 0 Å². The van der Waals surface area contributed by atoms with Gasteiger partial charge in [-0.2, -0.15) is 0 Å². The molecule has 1 aliphatic rings. The first-order chi connectivity index (χ1) is 9.54. The number of benzene rings is 1. The topological polar surface area (TPSA) is 32.3 Å². The van der Waals surface area contributed by atoms with Crippen molar-refractivity contribution in [1.29, 1.82) is 0 Å². The number of aryl methyl sites for hydroxylation is 1. The number of hydrogen-bond donors (Lipinski definition) is 1. The summed E-state index contributed by atoms with van der Waals surface area (Å²) in [6.45, 7) is 4.84. The van der Waals surface area contributed by atoms with E-state index in [0.29, 0.717) is 12.6 Å². The molecule has 1 aromatic carbocycles. The molecule has 0 bridgehead atoms. The van der Waals surface area contributed by atoms with E-state index < -0.39 is 0 Å². The lowest BCUT2D eigenvalue weighted by Gasteiger charge is -2.33. The van der Waals surface area contributed by atoms with Crippen molar-refractivity contribution >= 4 is 11.6 Å². The maximum atomic E-state index is 12.1. The van der Waals surface area contributed by atoms with E-state index in [1.54, 1.807) is 0 Å². The van der Waals surface area contributed by atoms with E-state index in [0.717, 1.165) is 11.6 Å². The SMILES string of the molecule is Cc1ccc(NC(=O)CN(C)C2CCC(C)CC2)cc1. The molecule has 1 aromatic rings. The first-order valence-electron chi connectivity index (χ1n) is 7.61. The Bertz CT molecular complexity index is 433. The van der Waals surface area contributed by atoms with Crippen molar-refractivity contribution in [2.45, 2.75) is 45.6 Å². The van der Waals surface area contributed by atoms with E-state index in [4.69, 9.17) is 0 Å². The first kappa shape index (κ1) is 15.0. The fourth-order valence-corrected chi connectivity index (χ4v) is 2.88. The van der Waals surface area contributed by atoms with E-state index in [9.17, 15) is 4.79 Å². The minimum absolute atomic E-state index is 0.0787. The predicted octanol–water partition coefficient (Wildman–Crippen LogP) is 3.44. The molecule has 20 heavy (non-hydrogen) atoms. The Labute approximate surface area is 122 Å². The summed E-state index contributed by atoms with van der Waals surface area (Å²) in [6.07, 6.45) is 5.01. The number of amides is 1. The molecule has 2 rings (SSSR count). The van der Waals surface area contributed by atoms with E-state index >= 15 is 0 Å². The summed E-state index contributed by atoms with van der Waals surface area (Å²) in [6, 6.07) is 8.50. The maximum absolute atomic E-state index is 12.1. The summed E-state index contributed by atoms with van der Waals surface area (Å²) < 4.78 is 0. The number of hydrogen-bond acceptors (Lipinski definition) is 2. The molecule has 0 atom stereocenters. The molecule has 1 fully saturated rings. The average Bonchev–Trinajstić information content (AvgIpc) is 2.42. The highest BCUT2D eigenvalue weighted by atomic mass is 16.2. The lowest BCUT2D eigenvalue weighted by Crippen LogP contribution is -2.39. The Hall–Kier alpha value is -1.35. The standard InChI is InChI=1S/C17H26N2O/c1-13-4-8-15(9-5-13)18-17(20)12-19(3)16-10-6-14(2)7-11-16/h4-5,8-9,14,16H,6-7,10-12H2,1-3H3,(H,18,20). The maximum Gasteiger partial charge on any atom is 0.238 e. The third kappa shape index (κ3) is 4.34. The van der Waals surface area contributed by atoms with Gasteiger partial charge in [-0.1, -0.05) is 24.6 Å². The van der Waals surface area contributed by atoms with E-state index in [1.807, 2.05) is 31.2 Å². The van der Waals surface area contributed by atoms with Gasteiger partial charge in [-0.3, -0.25) is 9.69 Å². The molecule has 0 aliphatic heterocycles. The Morgan fingerprint density at radius 2 is 1.80 bits per heavy atom. The Balaban J connectivity index is 1.80. The number of likely N-dealkylation sites (N-methyl/N-ethyl adjacent to an activating group) is 1. The van der Waals surface area contributed by atoms with Crippen molar-refractivity contribution in [2.24, 2.45) is 5.92 Å². The van der Waals surface area contributed by atoms with Gasteiger partial charge in [0.25, 0.3) is 0 Å². The third-order valence-electron chi connectivity index (χ3n) is 4.34. The van der Waals surface area contributed by atoms with Gasteiger partial charge >= 0.3 is 0 Å². The lowest BCUT2D eigenvalue weighted by molar-refractivity contribution is -0.117. The normalized spacial score (nSPS) is 22.8. The van der Waals surface area contributed by atoms with Crippen LogP contribution in [0, 0.1) is 12.8 Å². The summed E-state index contributed by atoms with van der Waals surface area (Å²) in [5, 5.41) is 2.97. The van der Waals surface area contributed by atoms with Gasteiger partial charge in [-0.15, -0.1) is 0 Å². The van der Waals surface area contributed by atoms with Crippen molar-refractivity contribution in [2.75, 3.05) is 18.9 Å². The number of nitrogens with one attached hydrogen (secondary N) is 1. The molecule has 0 unspecified atom stereocenters. The van der Waals surface area contributed by atoms with E-state index in [2.05, 4.69) is 24.2 Å². The molecule has 0 saturated heterocycles. The van der Waals surface area contributed by atoms with Crippen LogP contribution in [-0.4, -0.2) is 30.4 Å². The third-order valence-corrected chi connectivity index (χ3v) is 4.34. The minimum atomic E-state index is 0.0787. The summed E-state index contributed by atoms with van der Waals surface area (Å²) in [5.74, 6) is 0.927. The van der Waals surface area contributed by atoms with Crippen molar-refractivity contribution < 1.29 is 4.79 Å². The second kappa shape index (κ2) is 6.89. The highest BCUT2D eigenvalue weighted by Gasteiger charge is 2.22. The van der Waals surface area contributed by atoms with Crippen LogP contribution >= 0.6 is 0 Å². The van der Waals surface area contributed by atoms with Gasteiger partial charge in [0, 0.05) is 11.7 Å². The second-order valence-corrected chi connectivity index (χ2v) is 6.24. The van der Waals surface area contributed by atoms with Crippen LogP contribution in [0.15, 0.2) is 24.3 Å². The van der Waals surface area contributed by atoms with Crippen molar-refractivity contribution in [3.05, 3.63) is 29.8 Å². The number of carbonyl (C=O) groups excluding carboxylic acids is 1. The Morgan fingerprint density at radius 1 is 1.20 bits per heavy atom. The van der Waals surface area contributed by atoms with Crippen molar-refractivity contribution in [3.63, 3.8) is 0 Å². The van der Waals surface area contributed by atoms with Gasteiger partial charge in [0.15, 0.2) is 0 Å². The molecule has 0 radical (unpaired) electrons. The number of nitrogens with zero attached hydrogens (tertiary/aromatic N) is 1. The number of carbonyl (C=O) groups is 1. The summed E-state index contributed by atoms with van der Waals surface area (Å²) in [5.41, 5.74) is 2.09. The largest absolute Gasteiger partial charge is 0.325 e. The van der Waals surface area contributed by atoms with Crippen molar-refractivity contribution in [1.82, 2.24) is 4.90 Å². The fraction of sp³-hybridized carbons (Fsp3) is 0.588. The molecule has 1 saturated carbocycles. The molecule has 3 nitrogen and oxygen atoms in total. The van der Waals surface area contributed by atoms with Gasteiger partial charge in [-0.25, -0.2) is 0 Å². The molecule has 110 valence electrons. The van der Waals surface area contributed by atoms with Gasteiger partial charge in [-0.05, 0) is 57.7 Å². The molecular weight excluding hydrogens is 248 g/mol. The number of rotatable bonds is 4. The molecule has 3 heteroatoms. The summed E-state index contributed by atoms with van der Waals surface area (Å²) in [7, 11) is 2.06. The predicted molar refractivity (Wildman–Crippen MR) is 83.9 cm³/mol. The van der Waals surface area contributed by atoms with E-state index in [1.165, 1.54) is 31.2 Å². The second-order valence-electron chi connectivity index (χ2n) is 6.24. The monoisotopic (exact) mass is 274 g/mol. The van der Waals surface area contributed by atoms with Crippen LogP contribution in [0.4, 0.5) is 5.69 Å². The highest BCUT2D eigenvalue weighted by Crippen LogP contribution is 2.26. The minimum Gasteiger partial charge on any atom is -0.325 e. The van der Waals surface area contributed by atoms with Crippen LogP contribution in [0.2, 0.25) is 0 Å². The lowest BCUT2D eigenvalue weighted by atomic mass is 9.87. The smallest absolute Gasteiger partial charge is 0.238 e. The fourth-order valence-electron chi connectivity index (χ4n) is 2.88. The van der Waals surface area contributed by atoms with Gasteiger partial charge in [0.1, 0.15) is 0 Å².